The molecule has 3 rings (SSSR count). The van der Waals surface area contributed by atoms with Gasteiger partial charge in [0, 0.05) is 18.8 Å². The Balaban J connectivity index is 1.93. The number of nitrogens with zero attached hydrogens (tertiary/aromatic N) is 2. The van der Waals surface area contributed by atoms with E-state index < -0.39 is 17.2 Å². The molecule has 27 heavy (non-hydrogen) atoms. The average molecular weight is 369 g/mol. The number of carbonyl (C=O) groups excluding carboxylic acids is 1. The molecular weight excluding hydrogens is 350 g/mol. The number of ether oxygens (including phenoxy) is 2. The predicted molar refractivity (Wildman–Crippen MR) is 102 cm³/mol. The Kier molecular flexibility index (Phi) is 4.98. The highest BCUT2D eigenvalue weighted by atomic mass is 16.5. The van der Waals surface area contributed by atoms with Crippen LogP contribution in [0.25, 0.3) is 10.9 Å². The first-order valence-electron chi connectivity index (χ1n) is 8.16. The average Bonchev–Trinajstić information content (AvgIpc) is 2.69. The minimum absolute atomic E-state index is 0.346. The predicted octanol–water partition coefficient (Wildman–Crippen LogP) is 1.37. The summed E-state index contributed by atoms with van der Waals surface area (Å²) < 4.78 is 11.3. The summed E-state index contributed by atoms with van der Waals surface area (Å²) in [6.07, 6.45) is 0. The first-order chi connectivity index (χ1) is 13.0. The van der Waals surface area contributed by atoms with E-state index in [0.29, 0.717) is 28.1 Å². The fourth-order valence-corrected chi connectivity index (χ4v) is 2.76. The van der Waals surface area contributed by atoms with Crippen LogP contribution in [0.5, 0.6) is 11.5 Å². The van der Waals surface area contributed by atoms with E-state index in [0.717, 1.165) is 4.57 Å². The van der Waals surface area contributed by atoms with Crippen LogP contribution in [0.3, 0.4) is 0 Å². The molecule has 2 aromatic carbocycles. The SMILES string of the molecule is COc1ccc(N(C)C(=O)Cn2c(=O)[nH]c3ccccc3c2=O)cc1OC. The largest absolute Gasteiger partial charge is 0.493 e. The zero-order valence-electron chi connectivity index (χ0n) is 15.2. The van der Waals surface area contributed by atoms with Gasteiger partial charge in [-0.05, 0) is 24.3 Å². The number of hydrogen-bond donors (Lipinski definition) is 1. The lowest BCUT2D eigenvalue weighted by Gasteiger charge is -2.19. The van der Waals surface area contributed by atoms with Gasteiger partial charge in [-0.3, -0.25) is 14.2 Å². The third-order valence-corrected chi connectivity index (χ3v) is 4.31. The molecule has 0 aliphatic heterocycles. The summed E-state index contributed by atoms with van der Waals surface area (Å²) in [5, 5.41) is 0.346. The fraction of sp³-hybridized carbons (Fsp3) is 0.211. The van der Waals surface area contributed by atoms with Crippen molar-refractivity contribution in [2.45, 2.75) is 6.54 Å². The Morgan fingerprint density at radius 3 is 2.48 bits per heavy atom. The van der Waals surface area contributed by atoms with Crippen molar-refractivity contribution in [2.75, 3.05) is 26.2 Å². The first kappa shape index (κ1) is 18.2. The zero-order chi connectivity index (χ0) is 19.6. The first-order valence-corrected chi connectivity index (χ1v) is 8.16. The number of nitrogens with one attached hydrogen (secondary N) is 1. The molecule has 0 aliphatic carbocycles. The monoisotopic (exact) mass is 369 g/mol. The normalized spacial score (nSPS) is 10.6. The van der Waals surface area contributed by atoms with Gasteiger partial charge in [-0.1, -0.05) is 12.1 Å². The summed E-state index contributed by atoms with van der Waals surface area (Å²) in [7, 11) is 4.58. The van der Waals surface area contributed by atoms with Crippen molar-refractivity contribution in [2.24, 2.45) is 0 Å². The van der Waals surface area contributed by atoms with Crippen LogP contribution < -0.4 is 25.6 Å². The Labute approximate surface area is 154 Å². The molecule has 1 amide bonds. The highest BCUT2D eigenvalue weighted by Gasteiger charge is 2.17. The van der Waals surface area contributed by atoms with Gasteiger partial charge in [0.1, 0.15) is 6.54 Å². The number of rotatable bonds is 5. The summed E-state index contributed by atoms with van der Waals surface area (Å²) in [6, 6.07) is 11.7. The van der Waals surface area contributed by atoms with Gasteiger partial charge in [0.2, 0.25) is 5.91 Å². The van der Waals surface area contributed by atoms with Gasteiger partial charge < -0.3 is 19.4 Å². The van der Waals surface area contributed by atoms with Gasteiger partial charge in [0.25, 0.3) is 5.56 Å². The number of para-hydroxylation sites is 1. The van der Waals surface area contributed by atoms with Gasteiger partial charge in [0.05, 0.1) is 25.1 Å². The number of methoxy groups -OCH3 is 2. The van der Waals surface area contributed by atoms with Crippen LogP contribution >= 0.6 is 0 Å². The number of H-pyrrole nitrogens is 1. The van der Waals surface area contributed by atoms with Crippen LogP contribution in [-0.4, -0.2) is 36.7 Å². The van der Waals surface area contributed by atoms with Gasteiger partial charge in [-0.25, -0.2) is 4.79 Å². The number of aromatic amines is 1. The van der Waals surface area contributed by atoms with Crippen molar-refractivity contribution >= 4 is 22.5 Å². The van der Waals surface area contributed by atoms with Crippen LogP contribution in [-0.2, 0) is 11.3 Å². The maximum Gasteiger partial charge on any atom is 0.329 e. The molecule has 0 saturated heterocycles. The van der Waals surface area contributed by atoms with E-state index in [2.05, 4.69) is 4.98 Å². The molecule has 0 atom stereocenters. The zero-order valence-corrected chi connectivity index (χ0v) is 15.2. The van der Waals surface area contributed by atoms with E-state index >= 15 is 0 Å². The second kappa shape index (κ2) is 7.36. The van der Waals surface area contributed by atoms with Gasteiger partial charge >= 0.3 is 5.69 Å². The van der Waals surface area contributed by atoms with E-state index in [1.54, 1.807) is 49.5 Å². The van der Waals surface area contributed by atoms with Crippen LogP contribution in [0.15, 0.2) is 52.1 Å². The van der Waals surface area contributed by atoms with Gasteiger partial charge in [-0.15, -0.1) is 0 Å². The number of likely N-dealkylation sites (N-methyl/N-ethyl adjacent to an activating group) is 1. The lowest BCUT2D eigenvalue weighted by molar-refractivity contribution is -0.119. The van der Waals surface area contributed by atoms with Crippen molar-refractivity contribution in [3.05, 3.63) is 63.3 Å². The molecule has 8 heteroatoms. The second-order valence-electron chi connectivity index (χ2n) is 5.86. The third-order valence-electron chi connectivity index (χ3n) is 4.31. The Morgan fingerprint density at radius 2 is 1.78 bits per heavy atom. The standard InChI is InChI=1S/C19H19N3O5/c1-21(12-8-9-15(26-2)16(10-12)27-3)17(23)11-22-18(24)13-6-4-5-7-14(13)20-19(22)25/h4-10H,11H2,1-3H3,(H,20,25). The third kappa shape index (κ3) is 3.41. The summed E-state index contributed by atoms with van der Waals surface area (Å²) >= 11 is 0. The summed E-state index contributed by atoms with van der Waals surface area (Å²) in [5.74, 6) is 0.574. The molecule has 0 spiro atoms. The molecule has 1 N–H and O–H groups in total. The van der Waals surface area contributed by atoms with Crippen LogP contribution in [0.1, 0.15) is 0 Å². The quantitative estimate of drug-likeness (QED) is 0.733. The van der Waals surface area contributed by atoms with E-state index in [1.165, 1.54) is 19.1 Å². The second-order valence-corrected chi connectivity index (χ2v) is 5.86. The fourth-order valence-electron chi connectivity index (χ4n) is 2.76. The lowest BCUT2D eigenvalue weighted by Crippen LogP contribution is -2.41. The number of amides is 1. The number of benzene rings is 2. The number of carbonyl (C=O) groups is 1. The van der Waals surface area contributed by atoms with Gasteiger partial charge in [0.15, 0.2) is 11.5 Å². The Bertz CT molecular complexity index is 1120. The molecule has 0 fully saturated rings. The molecule has 1 aromatic heterocycles. The van der Waals surface area contributed by atoms with E-state index in [-0.39, 0.29) is 6.54 Å². The molecule has 8 nitrogen and oxygen atoms in total. The maximum absolute atomic E-state index is 12.6. The molecule has 3 aromatic rings. The van der Waals surface area contributed by atoms with Crippen molar-refractivity contribution in [3.8, 4) is 11.5 Å². The van der Waals surface area contributed by atoms with Crippen molar-refractivity contribution < 1.29 is 14.3 Å². The summed E-state index contributed by atoms with van der Waals surface area (Å²) in [5.41, 5.74) is -0.163. The lowest BCUT2D eigenvalue weighted by atomic mass is 10.2. The molecule has 1 heterocycles. The molecule has 0 aliphatic rings. The highest BCUT2D eigenvalue weighted by Crippen LogP contribution is 2.31. The van der Waals surface area contributed by atoms with E-state index in [9.17, 15) is 14.4 Å². The minimum atomic E-state index is -0.632. The van der Waals surface area contributed by atoms with E-state index in [4.69, 9.17) is 9.47 Å². The number of anilines is 1. The Morgan fingerprint density at radius 1 is 1.07 bits per heavy atom. The Hall–Kier alpha value is -3.55. The van der Waals surface area contributed by atoms with Crippen LogP contribution in [0.2, 0.25) is 0 Å². The molecule has 0 unspecified atom stereocenters. The minimum Gasteiger partial charge on any atom is -0.493 e. The molecule has 0 saturated carbocycles. The maximum atomic E-state index is 12.6. The topological polar surface area (TPSA) is 93.6 Å². The van der Waals surface area contributed by atoms with Crippen molar-refractivity contribution in [1.82, 2.24) is 9.55 Å². The van der Waals surface area contributed by atoms with Crippen LogP contribution in [0, 0.1) is 0 Å². The van der Waals surface area contributed by atoms with E-state index in [1.807, 2.05) is 0 Å². The number of hydrogen-bond acceptors (Lipinski definition) is 5. The molecule has 0 radical (unpaired) electrons. The van der Waals surface area contributed by atoms with Crippen molar-refractivity contribution in [3.63, 3.8) is 0 Å². The number of fused-ring (bicyclic) bond motifs is 1. The summed E-state index contributed by atoms with van der Waals surface area (Å²) in [4.78, 5) is 41.4. The molecule has 0 bridgehead atoms. The molecule has 140 valence electrons. The van der Waals surface area contributed by atoms with Crippen LogP contribution in [0.4, 0.5) is 5.69 Å². The van der Waals surface area contributed by atoms with Crippen molar-refractivity contribution in [1.29, 1.82) is 0 Å². The molecular formula is C19H19N3O5. The smallest absolute Gasteiger partial charge is 0.329 e. The highest BCUT2D eigenvalue weighted by molar-refractivity contribution is 5.93. The van der Waals surface area contributed by atoms with Gasteiger partial charge in [-0.2, -0.15) is 0 Å². The number of aromatic nitrogens is 2. The summed E-state index contributed by atoms with van der Waals surface area (Å²) in [6.45, 7) is -0.385.